The fraction of sp³-hybridized carbons (Fsp3) is 0.556. The highest BCUT2D eigenvalue weighted by molar-refractivity contribution is 7.17. The van der Waals surface area contributed by atoms with Gasteiger partial charge in [0.1, 0.15) is 0 Å². The van der Waals surface area contributed by atoms with Gasteiger partial charge in [-0.05, 0) is 39.0 Å². The molecule has 0 spiro atoms. The van der Waals surface area contributed by atoms with Crippen LogP contribution in [0.5, 0.6) is 0 Å². The zero-order chi connectivity index (χ0) is 18.3. The summed E-state index contributed by atoms with van der Waals surface area (Å²) in [4.78, 5) is 39.4. The number of anilines is 1. The van der Waals surface area contributed by atoms with Crippen molar-refractivity contribution in [2.75, 3.05) is 24.5 Å². The molecule has 1 saturated heterocycles. The SMILES string of the molecule is Cc1ncc(CCC(=O)c2sc(N3CCN(CC4CC4)C3=O)nc2C)s1. The number of amides is 2. The van der Waals surface area contributed by atoms with Gasteiger partial charge in [-0.15, -0.1) is 11.3 Å². The molecule has 0 radical (unpaired) electrons. The van der Waals surface area contributed by atoms with Gasteiger partial charge in [-0.2, -0.15) is 0 Å². The Balaban J connectivity index is 1.41. The summed E-state index contributed by atoms with van der Waals surface area (Å²) in [6.07, 6.45) is 5.46. The second kappa shape index (κ2) is 7.08. The second-order valence-electron chi connectivity index (χ2n) is 7.00. The molecular formula is C18H22N4O2S2. The van der Waals surface area contributed by atoms with Gasteiger partial charge < -0.3 is 4.90 Å². The molecule has 3 heterocycles. The van der Waals surface area contributed by atoms with Crippen LogP contribution >= 0.6 is 22.7 Å². The number of thiazole rings is 2. The van der Waals surface area contributed by atoms with Gasteiger partial charge in [-0.3, -0.25) is 9.69 Å². The highest BCUT2D eigenvalue weighted by Crippen LogP contribution is 2.33. The van der Waals surface area contributed by atoms with Crippen LogP contribution in [0.25, 0.3) is 0 Å². The minimum absolute atomic E-state index is 0.0322. The Bertz CT molecular complexity index is 840. The highest BCUT2D eigenvalue weighted by Gasteiger charge is 2.35. The molecule has 2 aromatic rings. The number of nitrogens with zero attached hydrogens (tertiary/aromatic N) is 4. The van der Waals surface area contributed by atoms with Gasteiger partial charge in [-0.25, -0.2) is 14.8 Å². The first kappa shape index (κ1) is 17.6. The fourth-order valence-electron chi connectivity index (χ4n) is 3.17. The predicted octanol–water partition coefficient (Wildman–Crippen LogP) is 3.68. The molecule has 8 heteroatoms. The monoisotopic (exact) mass is 390 g/mol. The summed E-state index contributed by atoms with van der Waals surface area (Å²) < 4.78 is 0. The lowest BCUT2D eigenvalue weighted by atomic mass is 10.1. The Labute approximate surface area is 160 Å². The van der Waals surface area contributed by atoms with Crippen molar-refractivity contribution in [3.63, 3.8) is 0 Å². The molecule has 2 aromatic heterocycles. The molecule has 1 aliphatic carbocycles. The summed E-state index contributed by atoms with van der Waals surface area (Å²) in [6.45, 7) is 6.09. The summed E-state index contributed by atoms with van der Waals surface area (Å²) in [5, 5.41) is 1.68. The van der Waals surface area contributed by atoms with Crippen LogP contribution in [-0.2, 0) is 6.42 Å². The number of aryl methyl sites for hydroxylation is 3. The van der Waals surface area contributed by atoms with Crippen LogP contribution in [0.4, 0.5) is 9.93 Å². The first-order valence-electron chi connectivity index (χ1n) is 8.99. The Morgan fingerprint density at radius 1 is 1.27 bits per heavy atom. The van der Waals surface area contributed by atoms with Crippen LogP contribution in [0.3, 0.4) is 0 Å². The molecule has 2 aliphatic rings. The van der Waals surface area contributed by atoms with E-state index < -0.39 is 0 Å². The Kier molecular flexibility index (Phi) is 4.79. The maximum atomic E-state index is 12.6. The van der Waals surface area contributed by atoms with Crippen molar-refractivity contribution in [3.8, 4) is 0 Å². The molecule has 26 heavy (non-hydrogen) atoms. The first-order chi connectivity index (χ1) is 12.5. The molecule has 0 atom stereocenters. The van der Waals surface area contributed by atoms with Crippen LogP contribution in [-0.4, -0.2) is 46.3 Å². The van der Waals surface area contributed by atoms with Crippen LogP contribution in [0.2, 0.25) is 0 Å². The van der Waals surface area contributed by atoms with Crippen molar-refractivity contribution in [2.45, 2.75) is 39.5 Å². The lowest BCUT2D eigenvalue weighted by Crippen LogP contribution is -2.33. The van der Waals surface area contributed by atoms with Crippen LogP contribution in [0.1, 0.15) is 44.5 Å². The van der Waals surface area contributed by atoms with E-state index in [1.54, 1.807) is 16.2 Å². The summed E-state index contributed by atoms with van der Waals surface area (Å²) in [7, 11) is 0. The quantitative estimate of drug-likeness (QED) is 0.677. The maximum absolute atomic E-state index is 12.6. The van der Waals surface area contributed by atoms with Crippen molar-refractivity contribution in [3.05, 3.63) is 26.7 Å². The number of ketones is 1. The maximum Gasteiger partial charge on any atom is 0.326 e. The molecule has 0 bridgehead atoms. The van der Waals surface area contributed by atoms with Gasteiger partial charge in [0.05, 0.1) is 15.6 Å². The molecule has 4 rings (SSSR count). The molecule has 0 aromatic carbocycles. The second-order valence-corrected chi connectivity index (χ2v) is 9.30. The van der Waals surface area contributed by atoms with Gasteiger partial charge >= 0.3 is 6.03 Å². The van der Waals surface area contributed by atoms with Crippen LogP contribution in [0.15, 0.2) is 6.20 Å². The zero-order valence-electron chi connectivity index (χ0n) is 15.0. The summed E-state index contributed by atoms with van der Waals surface area (Å²) in [6, 6.07) is 0.0322. The van der Waals surface area contributed by atoms with E-state index in [0.29, 0.717) is 35.3 Å². The molecule has 138 valence electrons. The average molecular weight is 391 g/mol. The number of hydrogen-bond donors (Lipinski definition) is 0. The first-order valence-corrected chi connectivity index (χ1v) is 10.6. The molecule has 0 N–H and O–H groups in total. The van der Waals surface area contributed by atoms with E-state index in [0.717, 1.165) is 28.7 Å². The molecule has 1 saturated carbocycles. The Morgan fingerprint density at radius 3 is 2.77 bits per heavy atom. The van der Waals surface area contributed by atoms with Crippen molar-refractivity contribution in [1.29, 1.82) is 0 Å². The van der Waals surface area contributed by atoms with E-state index in [1.807, 2.05) is 24.9 Å². The van der Waals surface area contributed by atoms with Crippen molar-refractivity contribution < 1.29 is 9.59 Å². The summed E-state index contributed by atoms with van der Waals surface area (Å²) in [5.74, 6) is 0.781. The van der Waals surface area contributed by atoms with E-state index in [4.69, 9.17) is 0 Å². The lowest BCUT2D eigenvalue weighted by molar-refractivity contribution is 0.0986. The third-order valence-electron chi connectivity index (χ3n) is 4.81. The number of carbonyl (C=O) groups excluding carboxylic acids is 2. The van der Waals surface area contributed by atoms with Gasteiger partial charge in [0, 0.05) is 37.1 Å². The molecule has 0 unspecified atom stereocenters. The topological polar surface area (TPSA) is 66.4 Å². The zero-order valence-corrected chi connectivity index (χ0v) is 16.7. The number of urea groups is 1. The third-order valence-corrected chi connectivity index (χ3v) is 7.00. The molecule has 2 fully saturated rings. The third kappa shape index (κ3) is 3.66. The van der Waals surface area contributed by atoms with Gasteiger partial charge in [0.15, 0.2) is 10.9 Å². The smallest absolute Gasteiger partial charge is 0.322 e. The van der Waals surface area contributed by atoms with E-state index in [2.05, 4.69) is 9.97 Å². The largest absolute Gasteiger partial charge is 0.326 e. The van der Waals surface area contributed by atoms with E-state index in [-0.39, 0.29) is 11.8 Å². The normalized spacial score (nSPS) is 17.4. The summed E-state index contributed by atoms with van der Waals surface area (Å²) in [5.41, 5.74) is 0.726. The standard InChI is InChI=1S/C18H22N4O2S2/c1-11-16(15(23)6-5-14-9-19-12(2)25-14)26-17(20-11)22-8-7-21(18(22)24)10-13-3-4-13/h9,13H,3-8,10H2,1-2H3. The number of carbonyl (C=O) groups is 2. The molecular weight excluding hydrogens is 368 g/mol. The Morgan fingerprint density at radius 2 is 2.08 bits per heavy atom. The van der Waals surface area contributed by atoms with E-state index in [1.165, 1.54) is 24.2 Å². The molecule has 1 aliphatic heterocycles. The van der Waals surface area contributed by atoms with Crippen LogP contribution in [0, 0.1) is 19.8 Å². The average Bonchev–Trinajstić information content (AvgIpc) is 3.02. The minimum atomic E-state index is 0.0322. The highest BCUT2D eigenvalue weighted by atomic mass is 32.1. The van der Waals surface area contributed by atoms with Crippen LogP contribution < -0.4 is 4.90 Å². The van der Waals surface area contributed by atoms with Crippen molar-refractivity contribution in [1.82, 2.24) is 14.9 Å². The van der Waals surface area contributed by atoms with Crippen molar-refractivity contribution in [2.24, 2.45) is 5.92 Å². The number of aromatic nitrogens is 2. The van der Waals surface area contributed by atoms with Crippen molar-refractivity contribution >= 4 is 39.6 Å². The van der Waals surface area contributed by atoms with Gasteiger partial charge in [0.25, 0.3) is 0 Å². The number of hydrogen-bond acceptors (Lipinski definition) is 6. The number of rotatable bonds is 7. The molecule has 6 nitrogen and oxygen atoms in total. The summed E-state index contributed by atoms with van der Waals surface area (Å²) >= 11 is 2.98. The van der Waals surface area contributed by atoms with E-state index in [9.17, 15) is 9.59 Å². The van der Waals surface area contributed by atoms with E-state index >= 15 is 0 Å². The minimum Gasteiger partial charge on any atom is -0.322 e. The molecule has 2 amide bonds. The Hall–Kier alpha value is -1.80. The predicted molar refractivity (Wildman–Crippen MR) is 103 cm³/mol. The number of Topliss-reactive ketones (excluding diaryl/α,β-unsaturated/α-hetero) is 1. The van der Waals surface area contributed by atoms with Gasteiger partial charge in [-0.1, -0.05) is 11.3 Å². The lowest BCUT2D eigenvalue weighted by Gasteiger charge is -2.16. The van der Waals surface area contributed by atoms with Gasteiger partial charge in [0.2, 0.25) is 0 Å². The fourth-order valence-corrected chi connectivity index (χ4v) is 5.02.